The van der Waals surface area contributed by atoms with Crippen molar-refractivity contribution in [3.8, 4) is 0 Å². The predicted molar refractivity (Wildman–Crippen MR) is 68.5 cm³/mol. The van der Waals surface area contributed by atoms with Crippen molar-refractivity contribution in [2.24, 2.45) is 0 Å². The Balaban J connectivity index is 2.35. The van der Waals surface area contributed by atoms with Crippen LogP contribution in [0.4, 0.5) is 10.8 Å². The second-order valence-electron chi connectivity index (χ2n) is 4.14. The summed E-state index contributed by atoms with van der Waals surface area (Å²) in [5, 5.41) is 0.860. The van der Waals surface area contributed by atoms with Crippen LogP contribution in [0.5, 0.6) is 0 Å². The molecule has 1 fully saturated rings. The number of ether oxygens (including phenoxy) is 1. The van der Waals surface area contributed by atoms with E-state index in [0.717, 1.165) is 30.8 Å². The highest BCUT2D eigenvalue weighted by Crippen LogP contribution is 2.36. The summed E-state index contributed by atoms with van der Waals surface area (Å²) in [7, 11) is 1.37. The highest BCUT2D eigenvalue weighted by atomic mass is 32.1. The van der Waals surface area contributed by atoms with Gasteiger partial charge in [-0.05, 0) is 30.8 Å². The molecular weight excluding hydrogens is 238 g/mol. The minimum absolute atomic E-state index is 0.276. The number of esters is 1. The number of methoxy groups -OCH3 is 1. The molecule has 0 amide bonds. The highest BCUT2D eigenvalue weighted by molar-refractivity contribution is 7.11. The van der Waals surface area contributed by atoms with E-state index in [1.54, 1.807) is 0 Å². The predicted octanol–water partition coefficient (Wildman–Crippen LogP) is 1.89. The fourth-order valence-corrected chi connectivity index (χ4v) is 3.21. The van der Waals surface area contributed by atoms with Gasteiger partial charge < -0.3 is 15.4 Å². The molecule has 94 valence electrons. The topological polar surface area (TPSA) is 68.5 Å². The van der Waals surface area contributed by atoms with Crippen LogP contribution in [0.3, 0.4) is 0 Å². The van der Waals surface area contributed by atoms with Crippen LogP contribution >= 0.6 is 11.5 Å². The lowest BCUT2D eigenvalue weighted by Crippen LogP contribution is -2.29. The molecule has 0 saturated carbocycles. The third-order valence-corrected chi connectivity index (χ3v) is 4.10. The van der Waals surface area contributed by atoms with Gasteiger partial charge in [-0.2, -0.15) is 4.37 Å². The van der Waals surface area contributed by atoms with Gasteiger partial charge >= 0.3 is 5.97 Å². The summed E-state index contributed by atoms with van der Waals surface area (Å²) in [5.74, 6) is -0.119. The van der Waals surface area contributed by atoms with Gasteiger partial charge in [0.1, 0.15) is 10.6 Å². The Kier molecular flexibility index (Phi) is 3.51. The van der Waals surface area contributed by atoms with E-state index in [4.69, 9.17) is 10.5 Å². The molecule has 1 saturated heterocycles. The van der Waals surface area contributed by atoms with Gasteiger partial charge in [-0.15, -0.1) is 0 Å². The minimum atomic E-state index is -0.395. The number of aromatic nitrogens is 1. The summed E-state index contributed by atoms with van der Waals surface area (Å²) in [6, 6.07) is 0.484. The molecule has 0 aromatic carbocycles. The summed E-state index contributed by atoms with van der Waals surface area (Å²) < 4.78 is 8.84. The van der Waals surface area contributed by atoms with Gasteiger partial charge in [0.05, 0.1) is 7.11 Å². The average molecular weight is 255 g/mol. The molecule has 2 N–H and O–H groups in total. The van der Waals surface area contributed by atoms with E-state index in [0.29, 0.717) is 11.6 Å². The molecule has 1 unspecified atom stereocenters. The van der Waals surface area contributed by atoms with Crippen molar-refractivity contribution in [3.63, 3.8) is 0 Å². The molecule has 1 aromatic heterocycles. The molecule has 0 radical (unpaired) electrons. The fraction of sp³-hybridized carbons (Fsp3) is 0.636. The zero-order valence-corrected chi connectivity index (χ0v) is 10.9. The molecule has 2 rings (SSSR count). The van der Waals surface area contributed by atoms with Crippen LogP contribution in [0.2, 0.25) is 0 Å². The molecule has 6 heteroatoms. The minimum Gasteiger partial charge on any atom is -0.465 e. The Bertz CT molecular complexity index is 419. The van der Waals surface area contributed by atoms with Gasteiger partial charge in [0.15, 0.2) is 5.82 Å². The number of hydrogen-bond acceptors (Lipinski definition) is 6. The van der Waals surface area contributed by atoms with Crippen LogP contribution in [-0.2, 0) is 4.74 Å². The lowest BCUT2D eigenvalue weighted by molar-refractivity contribution is 0.0603. The van der Waals surface area contributed by atoms with Crippen molar-refractivity contribution in [2.75, 3.05) is 24.3 Å². The highest BCUT2D eigenvalue weighted by Gasteiger charge is 2.30. The molecule has 1 aliphatic heterocycles. The number of rotatable bonds is 3. The lowest BCUT2D eigenvalue weighted by Gasteiger charge is -2.24. The molecular formula is C11H17N3O2S. The van der Waals surface area contributed by atoms with Gasteiger partial charge in [0.2, 0.25) is 0 Å². The van der Waals surface area contributed by atoms with Crippen LogP contribution in [0.1, 0.15) is 36.5 Å². The number of carbonyl (C=O) groups excluding carboxylic acids is 1. The summed E-state index contributed by atoms with van der Waals surface area (Å²) in [5.41, 5.74) is 6.17. The summed E-state index contributed by atoms with van der Waals surface area (Å²) in [6.45, 7) is 3.12. The van der Waals surface area contributed by atoms with E-state index in [9.17, 15) is 4.79 Å². The molecule has 1 aliphatic rings. The molecule has 1 aromatic rings. The van der Waals surface area contributed by atoms with E-state index in [2.05, 4.69) is 16.2 Å². The number of nitrogens with two attached hydrogens (primary N) is 1. The summed E-state index contributed by atoms with van der Waals surface area (Å²) in [4.78, 5) is 13.9. The van der Waals surface area contributed by atoms with Crippen LogP contribution in [0.25, 0.3) is 0 Å². The number of nitrogens with zero attached hydrogens (tertiary/aromatic N) is 2. The van der Waals surface area contributed by atoms with Crippen molar-refractivity contribution in [3.05, 3.63) is 5.56 Å². The van der Waals surface area contributed by atoms with Gasteiger partial charge in [0, 0.05) is 12.6 Å². The average Bonchev–Trinajstić information content (AvgIpc) is 2.93. The van der Waals surface area contributed by atoms with Crippen LogP contribution in [0.15, 0.2) is 0 Å². The first-order valence-corrected chi connectivity index (χ1v) is 6.56. The Morgan fingerprint density at radius 1 is 1.71 bits per heavy atom. The molecule has 0 bridgehead atoms. The monoisotopic (exact) mass is 255 g/mol. The van der Waals surface area contributed by atoms with E-state index >= 15 is 0 Å². The Morgan fingerprint density at radius 2 is 2.47 bits per heavy atom. The summed E-state index contributed by atoms with van der Waals surface area (Å²) in [6.07, 6.45) is 3.38. The Labute approximate surface area is 105 Å². The van der Waals surface area contributed by atoms with Crippen molar-refractivity contribution >= 4 is 28.3 Å². The smallest absolute Gasteiger partial charge is 0.344 e. The molecule has 1 atom stereocenters. The van der Waals surface area contributed by atoms with E-state index in [-0.39, 0.29) is 5.82 Å². The van der Waals surface area contributed by atoms with Gasteiger partial charge in [-0.25, -0.2) is 4.79 Å². The van der Waals surface area contributed by atoms with Crippen molar-refractivity contribution in [2.45, 2.75) is 32.2 Å². The SMILES string of the molecule is CCC1CCCN1c1snc(N)c1C(=O)OC. The van der Waals surface area contributed by atoms with Gasteiger partial charge in [-0.3, -0.25) is 0 Å². The van der Waals surface area contributed by atoms with Crippen LogP contribution in [0, 0.1) is 0 Å². The standard InChI is InChI=1S/C11H17N3O2S/c1-3-7-5-4-6-14(7)10-8(11(15)16-2)9(12)13-17-10/h7H,3-6H2,1-2H3,(H2,12,13). The van der Waals surface area contributed by atoms with E-state index in [1.165, 1.54) is 18.6 Å². The van der Waals surface area contributed by atoms with Gasteiger partial charge in [-0.1, -0.05) is 6.92 Å². The Morgan fingerprint density at radius 3 is 3.12 bits per heavy atom. The quantitative estimate of drug-likeness (QED) is 0.835. The van der Waals surface area contributed by atoms with Crippen LogP contribution < -0.4 is 10.6 Å². The number of carbonyl (C=O) groups is 1. The maximum absolute atomic E-state index is 11.7. The van der Waals surface area contributed by atoms with E-state index in [1.807, 2.05) is 0 Å². The van der Waals surface area contributed by atoms with Crippen molar-refractivity contribution in [1.29, 1.82) is 0 Å². The first-order chi connectivity index (χ1) is 8.19. The lowest BCUT2D eigenvalue weighted by atomic mass is 10.1. The zero-order valence-electron chi connectivity index (χ0n) is 10.1. The summed E-state index contributed by atoms with van der Waals surface area (Å²) >= 11 is 1.29. The third kappa shape index (κ3) is 2.09. The van der Waals surface area contributed by atoms with Crippen molar-refractivity contribution in [1.82, 2.24) is 4.37 Å². The molecule has 0 spiro atoms. The van der Waals surface area contributed by atoms with Crippen molar-refractivity contribution < 1.29 is 9.53 Å². The molecule has 5 nitrogen and oxygen atoms in total. The Hall–Kier alpha value is -1.30. The van der Waals surface area contributed by atoms with Gasteiger partial charge in [0.25, 0.3) is 0 Å². The molecule has 2 heterocycles. The first kappa shape index (κ1) is 12.2. The third-order valence-electron chi connectivity index (χ3n) is 3.20. The number of anilines is 2. The van der Waals surface area contributed by atoms with E-state index < -0.39 is 5.97 Å². The van der Waals surface area contributed by atoms with Crippen LogP contribution in [-0.4, -0.2) is 30.0 Å². The molecule has 17 heavy (non-hydrogen) atoms. The number of nitrogen functional groups attached to an aromatic ring is 1. The number of hydrogen-bond donors (Lipinski definition) is 1. The normalized spacial score (nSPS) is 19.6. The molecule has 0 aliphatic carbocycles. The second kappa shape index (κ2) is 4.91. The largest absolute Gasteiger partial charge is 0.465 e. The second-order valence-corrected chi connectivity index (χ2v) is 4.89. The zero-order chi connectivity index (χ0) is 12.4. The first-order valence-electron chi connectivity index (χ1n) is 5.79. The maximum Gasteiger partial charge on any atom is 0.344 e. The fourth-order valence-electron chi connectivity index (χ4n) is 2.31. The maximum atomic E-state index is 11.7.